The molecule has 0 unspecified atom stereocenters. The van der Waals surface area contributed by atoms with Gasteiger partial charge in [-0.15, -0.1) is 11.3 Å². The monoisotopic (exact) mass is 521 g/mol. The van der Waals surface area contributed by atoms with Gasteiger partial charge in [-0.1, -0.05) is 18.2 Å². The van der Waals surface area contributed by atoms with E-state index in [-0.39, 0.29) is 11.8 Å². The van der Waals surface area contributed by atoms with E-state index in [0.29, 0.717) is 25.9 Å². The van der Waals surface area contributed by atoms with Crippen molar-refractivity contribution in [2.24, 2.45) is 11.5 Å². The summed E-state index contributed by atoms with van der Waals surface area (Å²) in [6.07, 6.45) is 9.61. The molecule has 2 amide bonds. The minimum absolute atomic E-state index is 0.230. The minimum atomic E-state index is -0.803. The Labute approximate surface area is 220 Å². The Morgan fingerprint density at radius 2 is 1.81 bits per heavy atom. The number of hydrogen-bond acceptors (Lipinski definition) is 6. The van der Waals surface area contributed by atoms with Gasteiger partial charge in [0.2, 0.25) is 11.8 Å². The molecule has 0 aliphatic carbocycles. The van der Waals surface area contributed by atoms with Crippen LogP contribution in [0.2, 0.25) is 0 Å². The van der Waals surface area contributed by atoms with Crippen molar-refractivity contribution in [2.75, 3.05) is 13.1 Å². The molecular weight excluding hydrogens is 486 g/mol. The molecular formula is C27H35N7O2S. The normalized spacial score (nSPS) is 12.9. The number of H-pyrrole nitrogens is 2. The van der Waals surface area contributed by atoms with Crippen LogP contribution < -0.4 is 22.1 Å². The molecule has 9 nitrogen and oxygen atoms in total. The average molecular weight is 522 g/mol. The number of nitrogens with two attached hydrogens (primary N) is 2. The molecule has 4 aromatic rings. The maximum Gasteiger partial charge on any atom is 0.242 e. The highest BCUT2D eigenvalue weighted by Crippen LogP contribution is 2.20. The van der Waals surface area contributed by atoms with Gasteiger partial charge in [0, 0.05) is 58.1 Å². The van der Waals surface area contributed by atoms with E-state index in [1.807, 2.05) is 30.5 Å². The summed E-state index contributed by atoms with van der Waals surface area (Å²) in [5, 5.41) is 6.92. The Morgan fingerprint density at radius 3 is 2.59 bits per heavy atom. The van der Waals surface area contributed by atoms with Crippen molar-refractivity contribution in [1.29, 1.82) is 0 Å². The number of aromatic amines is 2. The van der Waals surface area contributed by atoms with Crippen molar-refractivity contribution >= 4 is 34.1 Å². The van der Waals surface area contributed by atoms with Gasteiger partial charge < -0.3 is 32.1 Å². The number of benzene rings is 1. The van der Waals surface area contributed by atoms with Gasteiger partial charge in [-0.3, -0.25) is 9.59 Å². The van der Waals surface area contributed by atoms with Crippen LogP contribution in [0.3, 0.4) is 0 Å². The first kappa shape index (κ1) is 26.6. The number of carbonyl (C=O) groups is 2. The third-order valence-corrected chi connectivity index (χ3v) is 7.53. The van der Waals surface area contributed by atoms with E-state index in [4.69, 9.17) is 11.5 Å². The van der Waals surface area contributed by atoms with Crippen LogP contribution >= 0.6 is 11.3 Å². The smallest absolute Gasteiger partial charge is 0.242 e. The highest BCUT2D eigenvalue weighted by Gasteiger charge is 2.25. The molecule has 196 valence electrons. The zero-order valence-electron chi connectivity index (χ0n) is 20.8. The van der Waals surface area contributed by atoms with Crippen LogP contribution in [0.1, 0.15) is 33.9 Å². The summed E-state index contributed by atoms with van der Waals surface area (Å²) >= 11 is 1.77. The average Bonchev–Trinajstić information content (AvgIpc) is 3.66. The lowest BCUT2D eigenvalue weighted by atomic mass is 10.0. The Balaban J connectivity index is 1.38. The molecule has 0 aliphatic rings. The number of unbranched alkanes of at least 4 members (excludes halogenated alkanes) is 1. The van der Waals surface area contributed by atoms with E-state index >= 15 is 0 Å². The fourth-order valence-electron chi connectivity index (χ4n) is 4.30. The molecule has 2 atom stereocenters. The zero-order chi connectivity index (χ0) is 26.0. The molecule has 0 radical (unpaired) electrons. The summed E-state index contributed by atoms with van der Waals surface area (Å²) < 4.78 is 0. The maximum absolute atomic E-state index is 13.2. The van der Waals surface area contributed by atoms with Crippen LogP contribution in [-0.4, -0.2) is 51.9 Å². The van der Waals surface area contributed by atoms with Crippen LogP contribution in [0.25, 0.3) is 10.9 Å². The maximum atomic E-state index is 13.2. The molecule has 0 saturated carbocycles. The van der Waals surface area contributed by atoms with E-state index in [2.05, 4.69) is 37.7 Å². The highest BCUT2D eigenvalue weighted by atomic mass is 32.1. The second-order valence-electron chi connectivity index (χ2n) is 9.17. The van der Waals surface area contributed by atoms with Crippen LogP contribution in [0.4, 0.5) is 0 Å². The second kappa shape index (κ2) is 13.2. The van der Waals surface area contributed by atoms with E-state index in [1.165, 1.54) is 9.75 Å². The van der Waals surface area contributed by atoms with Crippen LogP contribution in [-0.2, 0) is 35.3 Å². The highest BCUT2D eigenvalue weighted by molar-refractivity contribution is 7.12. The molecule has 0 saturated heterocycles. The predicted molar refractivity (Wildman–Crippen MR) is 147 cm³/mol. The zero-order valence-corrected chi connectivity index (χ0v) is 21.7. The largest absolute Gasteiger partial charge is 0.361 e. The first-order valence-electron chi connectivity index (χ1n) is 12.7. The third kappa shape index (κ3) is 7.51. The number of imidazole rings is 1. The molecule has 0 aliphatic heterocycles. The standard InChI is InChI=1S/C27H35N7O2S/c28-11-4-3-5-20-8-9-21(37-20)10-12-31-27(36)25(13-18-15-32-24-7-2-1-6-22(18)24)34-26(35)23(29)14-19-16-30-17-33-19/h1-2,6-9,15-17,23,25,32H,3-5,10-14,28-29H2,(H,30,33)(H,31,36)(H,34,35)/t23-,25-/m0/s1. The van der Waals surface area contributed by atoms with Crippen molar-refractivity contribution in [3.63, 3.8) is 0 Å². The van der Waals surface area contributed by atoms with E-state index in [0.717, 1.165) is 47.8 Å². The summed E-state index contributed by atoms with van der Waals surface area (Å²) in [6.45, 7) is 1.20. The predicted octanol–water partition coefficient (Wildman–Crippen LogP) is 2.19. The summed E-state index contributed by atoms with van der Waals surface area (Å²) in [6, 6.07) is 10.6. The van der Waals surface area contributed by atoms with Gasteiger partial charge >= 0.3 is 0 Å². The van der Waals surface area contributed by atoms with Gasteiger partial charge in [0.25, 0.3) is 0 Å². The number of rotatable bonds is 14. The van der Waals surface area contributed by atoms with E-state index in [1.54, 1.807) is 23.9 Å². The van der Waals surface area contributed by atoms with Crippen LogP contribution in [0, 0.1) is 0 Å². The molecule has 3 aromatic heterocycles. The van der Waals surface area contributed by atoms with Gasteiger partial charge in [-0.05, 0) is 56.0 Å². The summed E-state index contributed by atoms with van der Waals surface area (Å²) in [5.41, 5.74) is 14.4. The lowest BCUT2D eigenvalue weighted by Crippen LogP contribution is -2.53. The van der Waals surface area contributed by atoms with Crippen molar-refractivity contribution < 1.29 is 9.59 Å². The lowest BCUT2D eigenvalue weighted by Gasteiger charge is -2.20. The van der Waals surface area contributed by atoms with Crippen molar-refractivity contribution in [1.82, 2.24) is 25.6 Å². The molecule has 8 N–H and O–H groups in total. The lowest BCUT2D eigenvalue weighted by molar-refractivity contribution is -0.129. The number of amides is 2. The van der Waals surface area contributed by atoms with Crippen LogP contribution in [0.5, 0.6) is 0 Å². The van der Waals surface area contributed by atoms with Gasteiger partial charge in [0.05, 0.1) is 12.4 Å². The van der Waals surface area contributed by atoms with E-state index in [9.17, 15) is 9.59 Å². The second-order valence-corrected chi connectivity index (χ2v) is 10.4. The first-order valence-corrected chi connectivity index (χ1v) is 13.5. The summed E-state index contributed by atoms with van der Waals surface area (Å²) in [4.78, 5) is 38.9. The number of para-hydroxylation sites is 1. The molecule has 10 heteroatoms. The van der Waals surface area contributed by atoms with Crippen molar-refractivity contribution in [3.8, 4) is 0 Å². The number of carbonyl (C=O) groups excluding carboxylic acids is 2. The first-order chi connectivity index (χ1) is 18.0. The molecule has 0 bridgehead atoms. The molecule has 4 rings (SSSR count). The number of aryl methyl sites for hydroxylation is 1. The fourth-order valence-corrected chi connectivity index (χ4v) is 5.36. The Kier molecular flexibility index (Phi) is 9.47. The Hall–Kier alpha value is -3.47. The molecule has 0 fully saturated rings. The molecule has 37 heavy (non-hydrogen) atoms. The van der Waals surface area contributed by atoms with Gasteiger partial charge in [0.1, 0.15) is 6.04 Å². The van der Waals surface area contributed by atoms with E-state index < -0.39 is 12.1 Å². The Morgan fingerprint density at radius 1 is 1.00 bits per heavy atom. The molecule has 3 heterocycles. The number of hydrogen-bond donors (Lipinski definition) is 6. The number of nitrogens with one attached hydrogen (secondary N) is 4. The minimum Gasteiger partial charge on any atom is -0.361 e. The summed E-state index contributed by atoms with van der Waals surface area (Å²) in [5.74, 6) is -0.609. The SMILES string of the molecule is NCCCCc1ccc(CCNC(=O)[C@H](Cc2c[nH]c3ccccc23)NC(=O)[C@@H](N)Cc2cnc[nH]2)s1. The fraction of sp³-hybridized carbons (Fsp3) is 0.370. The topological polar surface area (TPSA) is 155 Å². The van der Waals surface area contributed by atoms with Crippen LogP contribution in [0.15, 0.2) is 55.1 Å². The number of fused-ring (bicyclic) bond motifs is 1. The molecule has 1 aromatic carbocycles. The van der Waals surface area contributed by atoms with Gasteiger partial charge in [-0.25, -0.2) is 4.98 Å². The quantitative estimate of drug-likeness (QED) is 0.140. The van der Waals surface area contributed by atoms with Gasteiger partial charge in [-0.2, -0.15) is 0 Å². The van der Waals surface area contributed by atoms with Crippen molar-refractivity contribution in [3.05, 3.63) is 76.1 Å². The summed E-state index contributed by atoms with van der Waals surface area (Å²) in [7, 11) is 0. The molecule has 0 spiro atoms. The number of thiophene rings is 1. The number of nitrogens with zero attached hydrogens (tertiary/aromatic N) is 1. The number of aromatic nitrogens is 3. The van der Waals surface area contributed by atoms with Crippen molar-refractivity contribution in [2.45, 2.75) is 50.6 Å². The Bertz CT molecular complexity index is 1280. The van der Waals surface area contributed by atoms with Gasteiger partial charge in [0.15, 0.2) is 0 Å². The third-order valence-electron chi connectivity index (χ3n) is 6.33.